The van der Waals surface area contributed by atoms with E-state index in [2.05, 4.69) is 21.3 Å². The van der Waals surface area contributed by atoms with Crippen LogP contribution in [0.5, 0.6) is 0 Å². The van der Waals surface area contributed by atoms with Gasteiger partial charge in [0.15, 0.2) is 0 Å². The minimum absolute atomic E-state index is 0.274. The van der Waals surface area contributed by atoms with Gasteiger partial charge in [0.05, 0.1) is 7.11 Å². The summed E-state index contributed by atoms with van der Waals surface area (Å²) >= 11 is 0. The molecule has 1 amide bonds. The first kappa shape index (κ1) is 13.5. The highest BCUT2D eigenvalue weighted by molar-refractivity contribution is 5.83. The van der Waals surface area contributed by atoms with Crippen molar-refractivity contribution in [2.45, 2.75) is 19.4 Å². The molecule has 1 atom stereocenters. The molecule has 0 saturated carbocycles. The number of carbonyl (C=O) groups excluding carboxylic acids is 2. The van der Waals surface area contributed by atoms with Crippen LogP contribution in [0.3, 0.4) is 0 Å². The summed E-state index contributed by atoms with van der Waals surface area (Å²) in [5.41, 5.74) is 0. The van der Waals surface area contributed by atoms with Crippen LogP contribution in [0.4, 0.5) is 0 Å². The van der Waals surface area contributed by atoms with Gasteiger partial charge < -0.3 is 15.4 Å². The first-order valence-corrected chi connectivity index (χ1v) is 4.61. The lowest BCUT2D eigenvalue weighted by atomic mass is 10.3. The number of rotatable bonds is 6. The molecular formula is C10H16N2O3. The third-order valence-corrected chi connectivity index (χ3v) is 1.66. The molecule has 0 aliphatic carbocycles. The van der Waals surface area contributed by atoms with Gasteiger partial charge in [-0.2, -0.15) is 0 Å². The van der Waals surface area contributed by atoms with Crippen LogP contribution in [-0.2, 0) is 14.3 Å². The Balaban J connectivity index is 3.97. The Bertz CT molecular complexity index is 258. The molecule has 0 fully saturated rings. The molecule has 0 heterocycles. The second-order valence-corrected chi connectivity index (χ2v) is 2.93. The monoisotopic (exact) mass is 212 g/mol. The first-order valence-electron chi connectivity index (χ1n) is 4.61. The van der Waals surface area contributed by atoms with Crippen molar-refractivity contribution >= 4 is 11.9 Å². The van der Waals surface area contributed by atoms with Crippen LogP contribution in [0.15, 0.2) is 0 Å². The van der Waals surface area contributed by atoms with Crippen molar-refractivity contribution in [3.05, 3.63) is 0 Å². The summed E-state index contributed by atoms with van der Waals surface area (Å²) in [6, 6.07) is -0.662. The van der Waals surface area contributed by atoms with Crippen LogP contribution in [0.2, 0.25) is 0 Å². The van der Waals surface area contributed by atoms with Crippen molar-refractivity contribution < 1.29 is 14.3 Å². The van der Waals surface area contributed by atoms with Gasteiger partial charge >= 0.3 is 5.97 Å². The topological polar surface area (TPSA) is 67.4 Å². The highest BCUT2D eigenvalue weighted by Crippen LogP contribution is 1.87. The molecule has 15 heavy (non-hydrogen) atoms. The fourth-order valence-corrected chi connectivity index (χ4v) is 0.988. The van der Waals surface area contributed by atoms with Gasteiger partial charge in [-0.3, -0.25) is 4.79 Å². The Kier molecular flexibility index (Phi) is 7.02. The summed E-state index contributed by atoms with van der Waals surface area (Å²) in [5.74, 6) is 1.71. The van der Waals surface area contributed by atoms with Crippen molar-refractivity contribution in [2.24, 2.45) is 0 Å². The number of carbonyl (C=O) groups is 2. The molecule has 0 rings (SSSR count). The molecule has 0 saturated heterocycles. The third-order valence-electron chi connectivity index (χ3n) is 1.66. The lowest BCUT2D eigenvalue weighted by Crippen LogP contribution is -2.47. The van der Waals surface area contributed by atoms with Crippen LogP contribution in [0, 0.1) is 12.3 Å². The van der Waals surface area contributed by atoms with Crippen molar-refractivity contribution in [3.8, 4) is 12.3 Å². The van der Waals surface area contributed by atoms with Crippen molar-refractivity contribution in [1.82, 2.24) is 10.6 Å². The molecule has 1 unspecified atom stereocenters. The largest absolute Gasteiger partial charge is 0.467 e. The Hall–Kier alpha value is -1.54. The van der Waals surface area contributed by atoms with Gasteiger partial charge in [-0.15, -0.1) is 12.3 Å². The van der Waals surface area contributed by atoms with Crippen LogP contribution in [0.1, 0.15) is 13.3 Å². The molecule has 0 bridgehead atoms. The second kappa shape index (κ2) is 7.83. The normalized spacial score (nSPS) is 11.3. The molecule has 5 nitrogen and oxygen atoms in total. The number of hydrogen-bond donors (Lipinski definition) is 2. The van der Waals surface area contributed by atoms with Gasteiger partial charge in [-0.05, 0) is 0 Å². The van der Waals surface area contributed by atoms with E-state index in [0.29, 0.717) is 19.5 Å². The van der Waals surface area contributed by atoms with E-state index < -0.39 is 12.0 Å². The summed E-state index contributed by atoms with van der Waals surface area (Å²) < 4.78 is 4.54. The highest BCUT2D eigenvalue weighted by atomic mass is 16.5. The Morgan fingerprint density at radius 2 is 2.20 bits per heavy atom. The zero-order valence-electron chi connectivity index (χ0n) is 9.00. The molecule has 0 aromatic carbocycles. The maximum atomic E-state index is 11.2. The predicted octanol–water partition coefficient (Wildman–Crippen LogP) is -0.723. The molecule has 0 aliphatic heterocycles. The number of terminal acetylenes is 1. The van der Waals surface area contributed by atoms with E-state index in [9.17, 15) is 9.59 Å². The standard InChI is InChI=1S/C10H16N2O3/c1-4-5-6-11-7-9(10(14)15-3)12-8(2)13/h1,9,11H,5-7H2,2-3H3,(H,12,13). The molecule has 0 radical (unpaired) electrons. The molecule has 2 N–H and O–H groups in total. The van der Waals surface area contributed by atoms with Gasteiger partial charge in [0, 0.05) is 26.4 Å². The SMILES string of the molecule is C#CCCNCC(NC(C)=O)C(=O)OC. The molecule has 0 aromatic heterocycles. The van der Waals surface area contributed by atoms with Crippen LogP contribution < -0.4 is 10.6 Å². The predicted molar refractivity (Wildman–Crippen MR) is 55.9 cm³/mol. The average molecular weight is 212 g/mol. The zero-order chi connectivity index (χ0) is 11.7. The van der Waals surface area contributed by atoms with Gasteiger partial charge in [0.1, 0.15) is 6.04 Å². The van der Waals surface area contributed by atoms with Gasteiger partial charge in [0.2, 0.25) is 5.91 Å². The van der Waals surface area contributed by atoms with Crippen LogP contribution in [0.25, 0.3) is 0 Å². The van der Waals surface area contributed by atoms with E-state index >= 15 is 0 Å². The number of ether oxygens (including phenoxy) is 1. The molecule has 0 aromatic rings. The average Bonchev–Trinajstić information content (AvgIpc) is 2.21. The van der Waals surface area contributed by atoms with Gasteiger partial charge in [0.25, 0.3) is 0 Å². The fraction of sp³-hybridized carbons (Fsp3) is 0.600. The van der Waals surface area contributed by atoms with E-state index in [1.807, 2.05) is 0 Å². The van der Waals surface area contributed by atoms with E-state index in [4.69, 9.17) is 6.42 Å². The Labute approximate surface area is 89.6 Å². The van der Waals surface area contributed by atoms with Gasteiger partial charge in [-0.25, -0.2) is 4.79 Å². The molecule has 84 valence electrons. The lowest BCUT2D eigenvalue weighted by Gasteiger charge is -2.15. The van der Waals surface area contributed by atoms with E-state index in [1.54, 1.807) is 0 Å². The minimum Gasteiger partial charge on any atom is -0.467 e. The van der Waals surface area contributed by atoms with Crippen molar-refractivity contribution in [3.63, 3.8) is 0 Å². The molecule has 0 spiro atoms. The van der Waals surface area contributed by atoms with E-state index in [-0.39, 0.29) is 5.91 Å². The summed E-state index contributed by atoms with van der Waals surface area (Å²) in [5, 5.41) is 5.43. The van der Waals surface area contributed by atoms with Crippen LogP contribution >= 0.6 is 0 Å². The first-order chi connectivity index (χ1) is 7.11. The molecule has 0 aliphatic rings. The number of nitrogens with one attached hydrogen (secondary N) is 2. The highest BCUT2D eigenvalue weighted by Gasteiger charge is 2.18. The number of amides is 1. The summed E-state index contributed by atoms with van der Waals surface area (Å²) in [6.45, 7) is 2.26. The maximum absolute atomic E-state index is 11.2. The zero-order valence-corrected chi connectivity index (χ0v) is 9.00. The molecular weight excluding hydrogens is 196 g/mol. The summed E-state index contributed by atoms with van der Waals surface area (Å²) in [4.78, 5) is 22.0. The summed E-state index contributed by atoms with van der Waals surface area (Å²) in [6.07, 6.45) is 5.64. The Morgan fingerprint density at radius 1 is 1.53 bits per heavy atom. The van der Waals surface area contributed by atoms with Crippen molar-refractivity contribution in [2.75, 3.05) is 20.2 Å². The van der Waals surface area contributed by atoms with E-state index in [0.717, 1.165) is 0 Å². The maximum Gasteiger partial charge on any atom is 0.329 e. The lowest BCUT2D eigenvalue weighted by molar-refractivity contribution is -0.144. The van der Waals surface area contributed by atoms with Crippen LogP contribution in [-0.4, -0.2) is 38.1 Å². The Morgan fingerprint density at radius 3 is 2.67 bits per heavy atom. The fourth-order valence-electron chi connectivity index (χ4n) is 0.988. The number of methoxy groups -OCH3 is 1. The smallest absolute Gasteiger partial charge is 0.329 e. The van der Waals surface area contributed by atoms with E-state index in [1.165, 1.54) is 14.0 Å². The van der Waals surface area contributed by atoms with Gasteiger partial charge in [-0.1, -0.05) is 0 Å². The quantitative estimate of drug-likeness (QED) is 0.346. The van der Waals surface area contributed by atoms with Crippen molar-refractivity contribution in [1.29, 1.82) is 0 Å². The molecule has 5 heteroatoms. The second-order valence-electron chi connectivity index (χ2n) is 2.93. The third kappa shape index (κ3) is 6.52. The number of hydrogen-bond acceptors (Lipinski definition) is 4. The number of esters is 1. The minimum atomic E-state index is -0.662. The summed E-state index contributed by atoms with van der Waals surface area (Å²) in [7, 11) is 1.28.